The van der Waals surface area contributed by atoms with E-state index in [1.807, 2.05) is 0 Å². The van der Waals surface area contributed by atoms with E-state index in [0.29, 0.717) is 17.0 Å². The van der Waals surface area contributed by atoms with Gasteiger partial charge in [0, 0.05) is 0 Å². The second kappa shape index (κ2) is 5.15. The second-order valence-corrected chi connectivity index (χ2v) is 5.61. The van der Waals surface area contributed by atoms with Crippen molar-refractivity contribution in [2.24, 2.45) is 0 Å². The molecule has 5 nitrogen and oxygen atoms in total. The Hall–Kier alpha value is -2.70. The number of nitrogens with zero attached hydrogens (tertiary/aromatic N) is 2. The van der Waals surface area contributed by atoms with Crippen molar-refractivity contribution >= 4 is 17.6 Å². The Balaban J connectivity index is 2.62. The van der Waals surface area contributed by atoms with Crippen LogP contribution in [0.4, 0.5) is 32.4 Å². The van der Waals surface area contributed by atoms with Crippen molar-refractivity contribution < 1.29 is 31.5 Å². The number of amides is 3. The molecule has 1 aromatic rings. The second-order valence-electron chi connectivity index (χ2n) is 5.61. The van der Waals surface area contributed by atoms with Crippen molar-refractivity contribution in [3.63, 3.8) is 0 Å². The van der Waals surface area contributed by atoms with E-state index in [2.05, 4.69) is 5.32 Å². The molecule has 1 aromatic carbocycles. The summed E-state index contributed by atoms with van der Waals surface area (Å²) in [5.74, 6) is -6.14. The van der Waals surface area contributed by atoms with E-state index in [0.717, 1.165) is 6.07 Å². The van der Waals surface area contributed by atoms with E-state index in [-0.39, 0.29) is 0 Å². The summed E-state index contributed by atoms with van der Waals surface area (Å²) in [6, 6.07) is 2.26. The van der Waals surface area contributed by atoms with Gasteiger partial charge in [-0.2, -0.15) is 27.2 Å². The Labute approximate surface area is 132 Å². The molecule has 3 amide bonds. The fraction of sp³-hybridized carbons (Fsp3) is 0.357. The highest BCUT2D eigenvalue weighted by atomic mass is 19.4. The molecule has 1 saturated heterocycles. The molecular formula is C14H10F5N3O2. The molecule has 1 N–H and O–H groups in total. The van der Waals surface area contributed by atoms with Crippen LogP contribution >= 0.6 is 0 Å². The highest BCUT2D eigenvalue weighted by Gasteiger charge is 2.60. The third kappa shape index (κ3) is 2.55. The summed E-state index contributed by atoms with van der Waals surface area (Å²) in [5.41, 5.74) is -4.36. The van der Waals surface area contributed by atoms with Crippen LogP contribution in [0.2, 0.25) is 0 Å². The van der Waals surface area contributed by atoms with E-state index >= 15 is 0 Å². The van der Waals surface area contributed by atoms with E-state index in [9.17, 15) is 31.5 Å². The quantitative estimate of drug-likeness (QED) is 0.660. The van der Waals surface area contributed by atoms with Gasteiger partial charge in [-0.1, -0.05) is 0 Å². The van der Waals surface area contributed by atoms with E-state index < -0.39 is 46.4 Å². The molecule has 2 rings (SSSR count). The average Bonchev–Trinajstić information content (AvgIpc) is 2.65. The van der Waals surface area contributed by atoms with E-state index in [4.69, 9.17) is 5.26 Å². The fourth-order valence-electron chi connectivity index (χ4n) is 2.16. The first-order chi connectivity index (χ1) is 10.8. The van der Waals surface area contributed by atoms with Gasteiger partial charge in [-0.05, 0) is 32.0 Å². The SMILES string of the molecule is CC1(C)NC(=O)N(c2ccc(C#N)c(C(F)(F)C(F)(F)F)c2)C1=O. The standard InChI is InChI=1S/C14H10F5N3O2/c1-12(2)10(23)22(11(24)21-12)8-4-3-7(6-20)9(5-8)13(15,16)14(17,18)19/h3-5H,1-2H3,(H,21,24). The van der Waals surface area contributed by atoms with Crippen LogP contribution in [0.5, 0.6) is 0 Å². The number of urea groups is 1. The molecule has 1 aliphatic rings. The van der Waals surface area contributed by atoms with E-state index in [1.165, 1.54) is 19.9 Å². The smallest absolute Gasteiger partial charge is 0.323 e. The van der Waals surface area contributed by atoms with Crippen molar-refractivity contribution in [1.29, 1.82) is 5.26 Å². The molecule has 0 unspecified atom stereocenters. The minimum absolute atomic E-state index is 0.324. The normalized spacial score (nSPS) is 17.7. The molecule has 0 aromatic heterocycles. The maximum atomic E-state index is 13.6. The number of halogens is 5. The highest BCUT2D eigenvalue weighted by molar-refractivity contribution is 6.23. The van der Waals surface area contributed by atoms with Gasteiger partial charge >= 0.3 is 18.1 Å². The number of imide groups is 1. The Kier molecular flexibility index (Phi) is 3.79. The van der Waals surface area contributed by atoms with Crippen molar-refractivity contribution in [2.45, 2.75) is 31.5 Å². The molecule has 1 fully saturated rings. The maximum absolute atomic E-state index is 13.6. The molecular weight excluding hydrogens is 337 g/mol. The number of carbonyl (C=O) groups excluding carboxylic acids is 2. The van der Waals surface area contributed by atoms with Crippen molar-refractivity contribution in [3.05, 3.63) is 29.3 Å². The molecule has 0 bridgehead atoms. The maximum Gasteiger partial charge on any atom is 0.458 e. The summed E-state index contributed by atoms with van der Waals surface area (Å²) < 4.78 is 65.1. The Morgan fingerprint density at radius 3 is 2.17 bits per heavy atom. The van der Waals surface area contributed by atoms with Crippen LogP contribution in [0.25, 0.3) is 0 Å². The molecule has 128 valence electrons. The van der Waals surface area contributed by atoms with Crippen molar-refractivity contribution in [1.82, 2.24) is 5.32 Å². The minimum Gasteiger partial charge on any atom is -0.323 e. The molecule has 0 aliphatic carbocycles. The summed E-state index contributed by atoms with van der Waals surface area (Å²) in [5, 5.41) is 11.1. The third-order valence-corrected chi connectivity index (χ3v) is 3.44. The first-order valence-corrected chi connectivity index (χ1v) is 6.49. The number of nitriles is 1. The average molecular weight is 347 g/mol. The van der Waals surface area contributed by atoms with Crippen LogP contribution in [0.3, 0.4) is 0 Å². The largest absolute Gasteiger partial charge is 0.458 e. The molecule has 0 radical (unpaired) electrons. The van der Waals surface area contributed by atoms with Crippen LogP contribution in [-0.2, 0) is 10.7 Å². The lowest BCUT2D eigenvalue weighted by molar-refractivity contribution is -0.289. The molecule has 24 heavy (non-hydrogen) atoms. The van der Waals surface area contributed by atoms with Gasteiger partial charge in [0.2, 0.25) is 0 Å². The van der Waals surface area contributed by atoms with Crippen molar-refractivity contribution in [3.8, 4) is 6.07 Å². The van der Waals surface area contributed by atoms with Gasteiger partial charge in [-0.25, -0.2) is 9.69 Å². The monoisotopic (exact) mass is 347 g/mol. The highest BCUT2D eigenvalue weighted by Crippen LogP contribution is 2.46. The summed E-state index contributed by atoms with van der Waals surface area (Å²) >= 11 is 0. The number of carbonyl (C=O) groups is 2. The number of benzene rings is 1. The molecule has 1 aliphatic heterocycles. The predicted octanol–water partition coefficient (Wildman–Crippen LogP) is 3.05. The van der Waals surface area contributed by atoms with Gasteiger partial charge in [0.15, 0.2) is 0 Å². The minimum atomic E-state index is -5.94. The Bertz CT molecular complexity index is 765. The summed E-state index contributed by atoms with van der Waals surface area (Å²) in [7, 11) is 0. The lowest BCUT2D eigenvalue weighted by Gasteiger charge is -2.23. The summed E-state index contributed by atoms with van der Waals surface area (Å²) in [4.78, 5) is 24.4. The number of rotatable bonds is 2. The van der Waals surface area contributed by atoms with E-state index in [1.54, 1.807) is 0 Å². The number of hydrogen-bond acceptors (Lipinski definition) is 3. The Morgan fingerprint density at radius 1 is 1.17 bits per heavy atom. The van der Waals surface area contributed by atoms with Gasteiger partial charge in [0.1, 0.15) is 5.54 Å². The summed E-state index contributed by atoms with van der Waals surface area (Å²) in [6.45, 7) is 2.70. The molecule has 10 heteroatoms. The van der Waals surface area contributed by atoms with Crippen LogP contribution in [-0.4, -0.2) is 23.7 Å². The Morgan fingerprint density at radius 2 is 1.75 bits per heavy atom. The number of hydrogen-bond donors (Lipinski definition) is 1. The third-order valence-electron chi connectivity index (χ3n) is 3.44. The predicted molar refractivity (Wildman–Crippen MR) is 71.2 cm³/mol. The van der Waals surface area contributed by atoms with Crippen molar-refractivity contribution in [2.75, 3.05) is 4.90 Å². The fourth-order valence-corrected chi connectivity index (χ4v) is 2.16. The van der Waals surface area contributed by atoms with Gasteiger partial charge in [0.05, 0.1) is 22.9 Å². The number of anilines is 1. The lowest BCUT2D eigenvalue weighted by Crippen LogP contribution is -2.40. The number of alkyl halides is 5. The zero-order valence-corrected chi connectivity index (χ0v) is 12.3. The first kappa shape index (κ1) is 17.7. The van der Waals surface area contributed by atoms with Gasteiger partial charge < -0.3 is 5.32 Å². The molecule has 0 spiro atoms. The summed E-state index contributed by atoms with van der Waals surface area (Å²) in [6.07, 6.45) is -5.94. The number of nitrogens with one attached hydrogen (secondary N) is 1. The first-order valence-electron chi connectivity index (χ1n) is 6.49. The molecule has 1 heterocycles. The zero-order valence-electron chi connectivity index (χ0n) is 12.3. The van der Waals surface area contributed by atoms with Gasteiger partial charge in [-0.15, -0.1) is 0 Å². The van der Waals surface area contributed by atoms with Crippen LogP contribution in [0.1, 0.15) is 25.0 Å². The van der Waals surface area contributed by atoms with Crippen LogP contribution < -0.4 is 10.2 Å². The van der Waals surface area contributed by atoms with Gasteiger partial charge in [0.25, 0.3) is 5.91 Å². The molecule has 0 atom stereocenters. The van der Waals surface area contributed by atoms with Gasteiger partial charge in [-0.3, -0.25) is 4.79 Å². The van der Waals surface area contributed by atoms with Crippen LogP contribution in [0.15, 0.2) is 18.2 Å². The topological polar surface area (TPSA) is 73.2 Å². The lowest BCUT2D eigenvalue weighted by atomic mass is 10.00. The molecule has 0 saturated carbocycles. The van der Waals surface area contributed by atoms with Crippen LogP contribution in [0, 0.1) is 11.3 Å². The zero-order chi connectivity index (χ0) is 18.5.